The molecular weight excluding hydrogens is 263 g/mol. The van der Waals surface area contributed by atoms with Gasteiger partial charge < -0.3 is 9.84 Å². The third kappa shape index (κ3) is 2.02. The Bertz CT molecular complexity index is 612. The van der Waals surface area contributed by atoms with Crippen LogP contribution in [0.2, 0.25) is 5.02 Å². The maximum Gasteiger partial charge on any atom is 0.353 e. The Balaban J connectivity index is 2.58. The maximum absolute atomic E-state index is 14.0. The summed E-state index contributed by atoms with van der Waals surface area (Å²) >= 11 is 5.88. The molecule has 0 amide bonds. The first-order valence-electron chi connectivity index (χ1n) is 4.85. The molecule has 7 heteroatoms. The molecule has 2 N–H and O–H groups in total. The summed E-state index contributed by atoms with van der Waals surface area (Å²) in [4.78, 5) is 10.7. The van der Waals surface area contributed by atoms with Gasteiger partial charge in [-0.05, 0) is 18.2 Å². The van der Waals surface area contributed by atoms with Gasteiger partial charge in [0.05, 0.1) is 23.4 Å². The number of carbonyl (C=O) groups is 1. The Labute approximate surface area is 106 Å². The number of ether oxygens (including phenoxy) is 1. The molecule has 0 radical (unpaired) electrons. The van der Waals surface area contributed by atoms with E-state index in [4.69, 9.17) is 21.4 Å². The first-order chi connectivity index (χ1) is 8.54. The minimum atomic E-state index is -1.19. The number of hydrogen-bond acceptors (Lipinski definition) is 3. The number of nitrogens with zero attached hydrogens (tertiary/aromatic N) is 1. The van der Waals surface area contributed by atoms with Gasteiger partial charge in [-0.1, -0.05) is 11.6 Å². The number of H-pyrrole nitrogens is 1. The molecule has 94 valence electrons. The standard InChI is InChI=1S/C11H8ClFN2O3/c1-18-8-3-2-5(12)9(10(8)13)6-4-7(11(16)17)15-14-6/h2-4H,1H3,(H,14,15)(H,16,17). The third-order valence-electron chi connectivity index (χ3n) is 2.34. The van der Waals surface area contributed by atoms with E-state index in [0.29, 0.717) is 0 Å². The molecule has 0 unspecified atom stereocenters. The molecule has 0 saturated carbocycles. The number of nitrogens with one attached hydrogen (secondary N) is 1. The number of carboxylic acid groups (broad SMARTS) is 1. The monoisotopic (exact) mass is 270 g/mol. The SMILES string of the molecule is COc1ccc(Cl)c(-c2cc(C(=O)O)[nH]n2)c1F. The summed E-state index contributed by atoms with van der Waals surface area (Å²) in [6.45, 7) is 0. The number of aromatic carboxylic acids is 1. The van der Waals surface area contributed by atoms with Gasteiger partial charge in [0.1, 0.15) is 5.69 Å². The van der Waals surface area contributed by atoms with Crippen molar-refractivity contribution in [3.63, 3.8) is 0 Å². The third-order valence-corrected chi connectivity index (χ3v) is 2.65. The number of benzene rings is 1. The summed E-state index contributed by atoms with van der Waals surface area (Å²) in [6, 6.07) is 4.03. The lowest BCUT2D eigenvalue weighted by atomic mass is 10.1. The van der Waals surface area contributed by atoms with E-state index in [1.807, 2.05) is 0 Å². The Hall–Kier alpha value is -2.08. The fraction of sp³-hybridized carbons (Fsp3) is 0.0909. The Morgan fingerprint density at radius 2 is 2.28 bits per heavy atom. The van der Waals surface area contributed by atoms with Crippen LogP contribution in [0.15, 0.2) is 18.2 Å². The zero-order valence-corrected chi connectivity index (χ0v) is 9.95. The minimum absolute atomic E-state index is 0.000216. The van der Waals surface area contributed by atoms with Crippen molar-refractivity contribution in [2.45, 2.75) is 0 Å². The van der Waals surface area contributed by atoms with E-state index in [2.05, 4.69) is 10.2 Å². The van der Waals surface area contributed by atoms with Crippen molar-refractivity contribution in [2.24, 2.45) is 0 Å². The first kappa shape index (κ1) is 12.4. The predicted molar refractivity (Wildman–Crippen MR) is 62.5 cm³/mol. The molecule has 1 aromatic heterocycles. The van der Waals surface area contributed by atoms with E-state index in [1.165, 1.54) is 25.3 Å². The molecule has 0 fully saturated rings. The molecule has 1 heterocycles. The van der Waals surface area contributed by atoms with Crippen LogP contribution in [0.3, 0.4) is 0 Å². The van der Waals surface area contributed by atoms with Crippen LogP contribution in [-0.4, -0.2) is 28.4 Å². The number of halogens is 2. The van der Waals surface area contributed by atoms with Crippen LogP contribution < -0.4 is 4.74 Å². The second-order valence-electron chi connectivity index (χ2n) is 3.41. The van der Waals surface area contributed by atoms with E-state index >= 15 is 0 Å². The predicted octanol–water partition coefficient (Wildman–Crippen LogP) is 2.58. The smallest absolute Gasteiger partial charge is 0.353 e. The van der Waals surface area contributed by atoms with E-state index in [-0.39, 0.29) is 27.7 Å². The number of hydrogen-bond donors (Lipinski definition) is 2. The van der Waals surface area contributed by atoms with Crippen molar-refractivity contribution in [3.05, 3.63) is 34.7 Å². The van der Waals surface area contributed by atoms with Crippen molar-refractivity contribution >= 4 is 17.6 Å². The molecule has 0 aliphatic rings. The van der Waals surface area contributed by atoms with Crippen molar-refractivity contribution in [1.82, 2.24) is 10.2 Å². The van der Waals surface area contributed by atoms with Crippen LogP contribution in [0.4, 0.5) is 4.39 Å². The highest BCUT2D eigenvalue weighted by Crippen LogP contribution is 2.34. The molecule has 0 aliphatic heterocycles. The zero-order valence-electron chi connectivity index (χ0n) is 9.20. The molecule has 0 saturated heterocycles. The zero-order chi connectivity index (χ0) is 13.3. The minimum Gasteiger partial charge on any atom is -0.494 e. The summed E-state index contributed by atoms with van der Waals surface area (Å²) in [5.41, 5.74) is -0.0446. The lowest BCUT2D eigenvalue weighted by molar-refractivity contribution is 0.0690. The fourth-order valence-electron chi connectivity index (χ4n) is 1.49. The molecule has 5 nitrogen and oxygen atoms in total. The normalized spacial score (nSPS) is 10.4. The lowest BCUT2D eigenvalue weighted by Gasteiger charge is -2.07. The molecule has 0 bridgehead atoms. The molecule has 0 atom stereocenters. The Kier molecular flexibility index (Phi) is 3.20. The van der Waals surface area contributed by atoms with Crippen molar-refractivity contribution in [1.29, 1.82) is 0 Å². The quantitative estimate of drug-likeness (QED) is 0.899. The van der Waals surface area contributed by atoms with Gasteiger partial charge in [-0.15, -0.1) is 0 Å². The number of aromatic amines is 1. The first-order valence-corrected chi connectivity index (χ1v) is 5.23. The number of aromatic nitrogens is 2. The lowest BCUT2D eigenvalue weighted by Crippen LogP contribution is -1.95. The van der Waals surface area contributed by atoms with Gasteiger partial charge in [-0.2, -0.15) is 5.10 Å². The maximum atomic E-state index is 14.0. The largest absolute Gasteiger partial charge is 0.494 e. The molecule has 2 rings (SSSR count). The van der Waals surface area contributed by atoms with E-state index in [0.717, 1.165) is 0 Å². The summed E-state index contributed by atoms with van der Waals surface area (Å²) in [5, 5.41) is 14.9. The highest BCUT2D eigenvalue weighted by molar-refractivity contribution is 6.33. The highest BCUT2D eigenvalue weighted by Gasteiger charge is 2.18. The van der Waals surface area contributed by atoms with Gasteiger partial charge in [0.15, 0.2) is 11.6 Å². The van der Waals surface area contributed by atoms with Gasteiger partial charge in [0.25, 0.3) is 0 Å². The molecule has 0 aliphatic carbocycles. The van der Waals surface area contributed by atoms with Gasteiger partial charge in [0, 0.05) is 0 Å². The second kappa shape index (κ2) is 4.66. The van der Waals surface area contributed by atoms with Crippen LogP contribution in [0.1, 0.15) is 10.5 Å². The molecule has 0 spiro atoms. The fourth-order valence-corrected chi connectivity index (χ4v) is 1.73. The molecule has 1 aromatic carbocycles. The molecular formula is C11H8ClFN2O3. The van der Waals surface area contributed by atoms with Crippen LogP contribution in [0, 0.1) is 5.82 Å². The second-order valence-corrected chi connectivity index (χ2v) is 3.82. The summed E-state index contributed by atoms with van der Waals surface area (Å²) in [7, 11) is 1.32. The van der Waals surface area contributed by atoms with Crippen LogP contribution >= 0.6 is 11.6 Å². The van der Waals surface area contributed by atoms with Crippen molar-refractivity contribution in [2.75, 3.05) is 7.11 Å². The van der Waals surface area contributed by atoms with Crippen LogP contribution in [0.25, 0.3) is 11.3 Å². The summed E-state index contributed by atoms with van der Waals surface area (Å²) in [6.07, 6.45) is 0. The van der Waals surface area contributed by atoms with Gasteiger partial charge in [0.2, 0.25) is 0 Å². The van der Waals surface area contributed by atoms with E-state index in [1.54, 1.807) is 0 Å². The Morgan fingerprint density at radius 3 is 2.83 bits per heavy atom. The number of carboxylic acids is 1. The van der Waals surface area contributed by atoms with Gasteiger partial charge in [-0.3, -0.25) is 5.10 Å². The van der Waals surface area contributed by atoms with Crippen LogP contribution in [-0.2, 0) is 0 Å². The topological polar surface area (TPSA) is 75.2 Å². The van der Waals surface area contributed by atoms with Crippen molar-refractivity contribution < 1.29 is 19.0 Å². The van der Waals surface area contributed by atoms with E-state index < -0.39 is 11.8 Å². The highest BCUT2D eigenvalue weighted by atomic mass is 35.5. The summed E-state index contributed by atoms with van der Waals surface area (Å²) in [5.74, 6) is -1.86. The molecule has 18 heavy (non-hydrogen) atoms. The average molecular weight is 271 g/mol. The van der Waals surface area contributed by atoms with Crippen molar-refractivity contribution in [3.8, 4) is 17.0 Å². The Morgan fingerprint density at radius 1 is 1.56 bits per heavy atom. The molecule has 2 aromatic rings. The van der Waals surface area contributed by atoms with Crippen LogP contribution in [0.5, 0.6) is 5.75 Å². The average Bonchev–Trinajstić information content (AvgIpc) is 2.79. The van der Waals surface area contributed by atoms with E-state index in [9.17, 15) is 9.18 Å². The van der Waals surface area contributed by atoms with Gasteiger partial charge in [-0.25, -0.2) is 9.18 Å². The van der Waals surface area contributed by atoms with Gasteiger partial charge >= 0.3 is 5.97 Å². The summed E-state index contributed by atoms with van der Waals surface area (Å²) < 4.78 is 18.8. The number of methoxy groups -OCH3 is 1. The number of rotatable bonds is 3.